The van der Waals surface area contributed by atoms with Gasteiger partial charge in [0.05, 0.1) is 0 Å². The van der Waals surface area contributed by atoms with Crippen molar-refractivity contribution in [2.75, 3.05) is 0 Å². The molecule has 0 aliphatic heterocycles. The molecule has 25 heavy (non-hydrogen) atoms. The van der Waals surface area contributed by atoms with Gasteiger partial charge in [-0.1, -0.05) is 60.1 Å². The molecule has 0 fully saturated rings. The van der Waals surface area contributed by atoms with E-state index in [2.05, 4.69) is 41.5 Å². The molecule has 0 atom stereocenters. The molecule has 0 amide bonds. The third-order valence-corrected chi connectivity index (χ3v) is 4.82. The van der Waals surface area contributed by atoms with E-state index in [0.717, 1.165) is 31.2 Å². The number of nitrogens with zero attached hydrogens (tertiary/aromatic N) is 1. The van der Waals surface area contributed by atoms with Gasteiger partial charge in [-0.25, -0.2) is 4.39 Å². The van der Waals surface area contributed by atoms with E-state index in [4.69, 9.17) is 4.98 Å². The Morgan fingerprint density at radius 2 is 1.44 bits per heavy atom. The second-order valence-electron chi connectivity index (χ2n) is 7.49. The summed E-state index contributed by atoms with van der Waals surface area (Å²) in [6.45, 7) is 13.3. The molecule has 0 spiro atoms. The zero-order chi connectivity index (χ0) is 18.6. The highest BCUT2D eigenvalue weighted by Crippen LogP contribution is 2.37. The fourth-order valence-electron chi connectivity index (χ4n) is 3.59. The number of aromatic nitrogens is 1. The van der Waals surface area contributed by atoms with Crippen LogP contribution in [-0.4, -0.2) is 4.98 Å². The van der Waals surface area contributed by atoms with Gasteiger partial charge in [0.1, 0.15) is 5.82 Å². The van der Waals surface area contributed by atoms with Crippen molar-refractivity contribution in [1.82, 2.24) is 4.98 Å². The van der Waals surface area contributed by atoms with Gasteiger partial charge in [-0.2, -0.15) is 0 Å². The highest BCUT2D eigenvalue weighted by Gasteiger charge is 2.22. The lowest BCUT2D eigenvalue weighted by atomic mass is 9.84. The Morgan fingerprint density at radius 1 is 0.880 bits per heavy atom. The molecule has 1 nitrogen and oxygen atoms in total. The summed E-state index contributed by atoms with van der Waals surface area (Å²) >= 11 is 0. The van der Waals surface area contributed by atoms with E-state index in [1.807, 2.05) is 12.1 Å². The van der Waals surface area contributed by atoms with Crippen LogP contribution in [0.4, 0.5) is 4.39 Å². The van der Waals surface area contributed by atoms with Crippen molar-refractivity contribution in [3.8, 4) is 11.1 Å². The highest BCUT2D eigenvalue weighted by atomic mass is 19.1. The largest absolute Gasteiger partial charge is 0.257 e. The van der Waals surface area contributed by atoms with Gasteiger partial charge in [0.25, 0.3) is 0 Å². The molecule has 0 bridgehead atoms. The maximum atomic E-state index is 13.5. The molecule has 2 aromatic rings. The summed E-state index contributed by atoms with van der Waals surface area (Å²) in [5.41, 5.74) is 7.54. The quantitative estimate of drug-likeness (QED) is 0.526. The second-order valence-corrected chi connectivity index (χ2v) is 7.49. The third kappa shape index (κ3) is 4.29. The molecule has 1 aromatic carbocycles. The van der Waals surface area contributed by atoms with Gasteiger partial charge in [-0.3, -0.25) is 4.98 Å². The van der Waals surface area contributed by atoms with E-state index in [-0.39, 0.29) is 5.82 Å². The summed E-state index contributed by atoms with van der Waals surface area (Å²) in [7, 11) is 0. The molecule has 1 heterocycles. The molecule has 0 aliphatic carbocycles. The first kappa shape index (κ1) is 19.6. The number of unbranched alkanes of at least 4 members (excludes halogenated alkanes) is 1. The summed E-state index contributed by atoms with van der Waals surface area (Å²) < 4.78 is 13.5. The van der Waals surface area contributed by atoms with Crippen molar-refractivity contribution in [2.45, 2.75) is 79.1 Å². The van der Waals surface area contributed by atoms with Crippen molar-refractivity contribution >= 4 is 0 Å². The van der Waals surface area contributed by atoms with Gasteiger partial charge < -0.3 is 0 Å². The van der Waals surface area contributed by atoms with E-state index >= 15 is 0 Å². The molecule has 2 rings (SSSR count). The average molecular weight is 342 g/mol. The van der Waals surface area contributed by atoms with Gasteiger partial charge in [-0.15, -0.1) is 0 Å². The minimum atomic E-state index is -0.181. The van der Waals surface area contributed by atoms with Crippen molar-refractivity contribution in [3.05, 3.63) is 52.6 Å². The Kier molecular flexibility index (Phi) is 6.75. The Bertz CT molecular complexity index is 699. The van der Waals surface area contributed by atoms with Crippen LogP contribution >= 0.6 is 0 Å². The fraction of sp³-hybridized carbons (Fsp3) is 0.522. The second kappa shape index (κ2) is 8.60. The van der Waals surface area contributed by atoms with Gasteiger partial charge >= 0.3 is 0 Å². The van der Waals surface area contributed by atoms with E-state index in [9.17, 15) is 4.39 Å². The van der Waals surface area contributed by atoms with Gasteiger partial charge in [0.15, 0.2) is 0 Å². The molecule has 1 aromatic heterocycles. The van der Waals surface area contributed by atoms with Gasteiger partial charge in [0.2, 0.25) is 0 Å². The summed E-state index contributed by atoms with van der Waals surface area (Å²) in [4.78, 5) is 5.13. The van der Waals surface area contributed by atoms with Gasteiger partial charge in [-0.05, 0) is 65.5 Å². The normalized spacial score (nSPS) is 11.6. The first-order valence-corrected chi connectivity index (χ1v) is 9.72. The van der Waals surface area contributed by atoms with E-state index in [1.165, 1.54) is 28.1 Å². The van der Waals surface area contributed by atoms with Gasteiger partial charge in [0, 0.05) is 11.4 Å². The summed E-state index contributed by atoms with van der Waals surface area (Å²) in [5.74, 6) is 0.584. The fourth-order valence-corrected chi connectivity index (χ4v) is 3.59. The molecule has 0 unspecified atom stereocenters. The Morgan fingerprint density at radius 3 is 1.92 bits per heavy atom. The molecule has 0 saturated heterocycles. The summed E-state index contributed by atoms with van der Waals surface area (Å²) in [6.07, 6.45) is 4.30. The number of benzene rings is 1. The third-order valence-electron chi connectivity index (χ3n) is 4.82. The van der Waals surface area contributed by atoms with Crippen molar-refractivity contribution in [2.24, 2.45) is 0 Å². The first-order chi connectivity index (χ1) is 11.9. The summed E-state index contributed by atoms with van der Waals surface area (Å²) in [5, 5.41) is 0. The van der Waals surface area contributed by atoms with Crippen LogP contribution < -0.4 is 0 Å². The zero-order valence-electron chi connectivity index (χ0n) is 16.6. The topological polar surface area (TPSA) is 12.9 Å². The molecule has 0 aliphatic rings. The Balaban J connectivity index is 2.83. The lowest BCUT2D eigenvalue weighted by Crippen LogP contribution is -2.12. The molecule has 0 N–H and O–H groups in total. The minimum absolute atomic E-state index is 0.181. The Labute approximate surface area is 152 Å². The van der Waals surface area contributed by atoms with Crippen LogP contribution in [0, 0.1) is 5.82 Å². The van der Waals surface area contributed by atoms with Crippen LogP contribution in [0.3, 0.4) is 0 Å². The molecular formula is C23H32FN. The SMILES string of the molecule is CCCCc1c(C(C)C)nc(C(C)C)c(CC)c1-c1ccc(F)cc1. The van der Waals surface area contributed by atoms with Crippen LogP contribution in [0.2, 0.25) is 0 Å². The van der Waals surface area contributed by atoms with Crippen LogP contribution in [0.5, 0.6) is 0 Å². The number of hydrogen-bond acceptors (Lipinski definition) is 1. The number of halogens is 1. The van der Waals surface area contributed by atoms with Crippen LogP contribution in [0.1, 0.15) is 88.7 Å². The van der Waals surface area contributed by atoms with E-state index in [1.54, 1.807) is 12.1 Å². The minimum Gasteiger partial charge on any atom is -0.257 e. The summed E-state index contributed by atoms with van der Waals surface area (Å²) in [6, 6.07) is 6.99. The molecule has 0 radical (unpaired) electrons. The first-order valence-electron chi connectivity index (χ1n) is 9.72. The van der Waals surface area contributed by atoms with Crippen molar-refractivity contribution in [1.29, 1.82) is 0 Å². The van der Waals surface area contributed by atoms with Crippen LogP contribution in [0.15, 0.2) is 24.3 Å². The van der Waals surface area contributed by atoms with Crippen LogP contribution in [0.25, 0.3) is 11.1 Å². The highest BCUT2D eigenvalue weighted by molar-refractivity contribution is 5.73. The Hall–Kier alpha value is -1.70. The number of hydrogen-bond donors (Lipinski definition) is 0. The monoisotopic (exact) mass is 341 g/mol. The number of pyridine rings is 1. The smallest absolute Gasteiger partial charge is 0.123 e. The van der Waals surface area contributed by atoms with Crippen LogP contribution in [-0.2, 0) is 12.8 Å². The van der Waals surface area contributed by atoms with E-state index < -0.39 is 0 Å². The van der Waals surface area contributed by atoms with E-state index in [0.29, 0.717) is 11.8 Å². The molecular weight excluding hydrogens is 309 g/mol. The molecule has 136 valence electrons. The van der Waals surface area contributed by atoms with Crippen molar-refractivity contribution in [3.63, 3.8) is 0 Å². The lowest BCUT2D eigenvalue weighted by molar-refractivity contribution is 0.628. The van der Waals surface area contributed by atoms with Crippen molar-refractivity contribution < 1.29 is 4.39 Å². The maximum Gasteiger partial charge on any atom is 0.123 e. The zero-order valence-corrected chi connectivity index (χ0v) is 16.6. The predicted octanol–water partition coefficient (Wildman–Crippen LogP) is 7.04. The maximum absolute atomic E-state index is 13.5. The molecule has 2 heteroatoms. The predicted molar refractivity (Wildman–Crippen MR) is 106 cm³/mol. The molecule has 0 saturated carbocycles. The lowest BCUT2D eigenvalue weighted by Gasteiger charge is -2.24. The standard InChI is InChI=1S/C23H32FN/c1-7-9-10-20-21(17-11-13-18(24)14-12-17)19(8-2)22(15(3)4)25-23(20)16(5)6/h11-16H,7-10H2,1-6H3. The number of rotatable bonds is 7. The average Bonchev–Trinajstić information content (AvgIpc) is 2.58.